The first-order chi connectivity index (χ1) is 13.4. The molecule has 0 saturated heterocycles. The summed E-state index contributed by atoms with van der Waals surface area (Å²) in [5.74, 6) is -0.549. The highest BCUT2D eigenvalue weighted by molar-refractivity contribution is 8.00. The molecule has 0 aliphatic carbocycles. The summed E-state index contributed by atoms with van der Waals surface area (Å²) in [6.07, 6.45) is 1.88. The number of carboxylic acid groups (broad SMARTS) is 1. The van der Waals surface area contributed by atoms with Crippen molar-refractivity contribution in [3.05, 3.63) is 51.1 Å². The number of hydrogen-bond acceptors (Lipinski definition) is 7. The molecular formula is C20H19N2O3S3-. The molecule has 1 aliphatic heterocycles. The highest BCUT2D eigenvalue weighted by Gasteiger charge is 2.33. The van der Waals surface area contributed by atoms with Crippen molar-refractivity contribution < 1.29 is 9.90 Å². The highest BCUT2D eigenvalue weighted by atomic mass is 32.2. The Morgan fingerprint density at radius 2 is 2.11 bits per heavy atom. The summed E-state index contributed by atoms with van der Waals surface area (Å²) in [5, 5.41) is 12.1. The predicted octanol–water partition coefficient (Wildman–Crippen LogP) is 3.25. The third-order valence-electron chi connectivity index (χ3n) is 5.06. The van der Waals surface area contributed by atoms with E-state index in [1.54, 1.807) is 11.3 Å². The number of nitrogens with zero attached hydrogens (tertiary/aromatic N) is 2. The molecule has 1 aromatic carbocycles. The van der Waals surface area contributed by atoms with Crippen LogP contribution in [0, 0.1) is 0 Å². The maximum atomic E-state index is 13.6. The van der Waals surface area contributed by atoms with Crippen LogP contribution in [0.1, 0.15) is 30.7 Å². The molecule has 1 aliphatic rings. The minimum atomic E-state index is -1.18. The van der Waals surface area contributed by atoms with Gasteiger partial charge in [0.15, 0.2) is 5.16 Å². The number of thiophene rings is 1. The highest BCUT2D eigenvalue weighted by Crippen LogP contribution is 2.45. The normalized spacial score (nSPS) is 18.9. The van der Waals surface area contributed by atoms with Crippen LogP contribution in [0.5, 0.6) is 0 Å². The summed E-state index contributed by atoms with van der Waals surface area (Å²) in [5.41, 5.74) is 1.67. The van der Waals surface area contributed by atoms with E-state index in [1.807, 2.05) is 42.1 Å². The maximum absolute atomic E-state index is 13.6. The number of fused-ring (bicyclic) bond motifs is 3. The van der Waals surface area contributed by atoms with Crippen LogP contribution in [0.25, 0.3) is 15.9 Å². The summed E-state index contributed by atoms with van der Waals surface area (Å²) in [7, 11) is 0. The van der Waals surface area contributed by atoms with Gasteiger partial charge in [0.1, 0.15) is 4.83 Å². The number of rotatable bonds is 5. The van der Waals surface area contributed by atoms with Crippen LogP contribution in [-0.4, -0.2) is 26.0 Å². The molecule has 0 fully saturated rings. The molecule has 1 atom stereocenters. The number of carbonyl (C=O) groups is 1. The van der Waals surface area contributed by atoms with Gasteiger partial charge in [0.2, 0.25) is 0 Å². The van der Waals surface area contributed by atoms with Gasteiger partial charge in [-0.15, -0.1) is 23.1 Å². The first-order valence-electron chi connectivity index (χ1n) is 9.01. The molecule has 146 valence electrons. The van der Waals surface area contributed by atoms with Crippen molar-refractivity contribution in [2.45, 2.75) is 42.3 Å². The number of hydrogen-bond donors (Lipinski definition) is 0. The summed E-state index contributed by atoms with van der Waals surface area (Å²) < 4.78 is 1.65. The fourth-order valence-corrected chi connectivity index (χ4v) is 6.62. The number of carboxylic acids is 1. The van der Waals surface area contributed by atoms with Crippen molar-refractivity contribution in [1.82, 2.24) is 9.55 Å². The number of aliphatic carboxylic acids is 1. The Hall–Kier alpha value is -1.77. The van der Waals surface area contributed by atoms with Gasteiger partial charge in [-0.25, -0.2) is 4.98 Å². The predicted molar refractivity (Wildman–Crippen MR) is 115 cm³/mol. The average Bonchev–Trinajstić information content (AvgIpc) is 3.04. The van der Waals surface area contributed by atoms with E-state index in [-0.39, 0.29) is 16.1 Å². The zero-order valence-corrected chi connectivity index (χ0v) is 18.0. The van der Waals surface area contributed by atoms with Crippen molar-refractivity contribution in [3.8, 4) is 5.69 Å². The van der Waals surface area contributed by atoms with Gasteiger partial charge in [-0.3, -0.25) is 9.36 Å². The molecular weight excluding hydrogens is 412 g/mol. The monoisotopic (exact) mass is 431 g/mol. The molecule has 0 spiro atoms. The number of thioether (sulfide) groups is 2. The molecule has 0 bridgehead atoms. The Morgan fingerprint density at radius 1 is 1.36 bits per heavy atom. The Bertz CT molecular complexity index is 1110. The quantitative estimate of drug-likeness (QED) is 0.456. The second-order valence-corrected chi connectivity index (χ2v) is 10.6. The van der Waals surface area contributed by atoms with Gasteiger partial charge in [0, 0.05) is 21.1 Å². The van der Waals surface area contributed by atoms with Crippen LogP contribution < -0.4 is 10.7 Å². The van der Waals surface area contributed by atoms with E-state index >= 15 is 0 Å². The van der Waals surface area contributed by atoms with Crippen LogP contribution in [0.3, 0.4) is 0 Å². The van der Waals surface area contributed by atoms with Gasteiger partial charge in [0.05, 0.1) is 17.0 Å². The van der Waals surface area contributed by atoms with E-state index in [0.29, 0.717) is 21.1 Å². The zero-order valence-electron chi connectivity index (χ0n) is 15.6. The van der Waals surface area contributed by atoms with Crippen LogP contribution in [-0.2, 0) is 17.0 Å². The molecule has 4 rings (SSSR count). The second-order valence-electron chi connectivity index (χ2n) is 6.98. The summed E-state index contributed by atoms with van der Waals surface area (Å²) in [6.45, 7) is 4.43. The standard InChI is InChI=1S/C20H20N2O3S3/c1-3-20(2)9-13-14(10-27-20)28-17-16(13)18(25)22(12-7-5-4-6-8-12)19(21-17)26-11-15(23)24/h4-8H,3,9-11H2,1-2H3,(H,23,24)/p-1/t20-/m1/s1. The number of carbonyl (C=O) groups excluding carboxylic acids is 1. The fraction of sp³-hybridized carbons (Fsp3) is 0.350. The number of benzene rings is 1. The third kappa shape index (κ3) is 3.49. The number of aromatic nitrogens is 2. The van der Waals surface area contributed by atoms with Crippen LogP contribution in [0.4, 0.5) is 0 Å². The molecule has 0 N–H and O–H groups in total. The van der Waals surface area contributed by atoms with Crippen molar-refractivity contribution in [2.75, 3.05) is 5.75 Å². The Labute approximate surface area is 175 Å². The molecule has 3 aromatic rings. The first kappa shape index (κ1) is 19.5. The molecule has 28 heavy (non-hydrogen) atoms. The summed E-state index contributed by atoms with van der Waals surface area (Å²) in [6, 6.07) is 9.26. The lowest BCUT2D eigenvalue weighted by molar-refractivity contribution is -0.301. The van der Waals surface area contributed by atoms with E-state index in [9.17, 15) is 14.7 Å². The van der Waals surface area contributed by atoms with E-state index in [1.165, 1.54) is 9.44 Å². The molecule has 0 radical (unpaired) electrons. The lowest BCUT2D eigenvalue weighted by atomic mass is 9.96. The van der Waals surface area contributed by atoms with Crippen molar-refractivity contribution in [2.24, 2.45) is 0 Å². The van der Waals surface area contributed by atoms with E-state index in [4.69, 9.17) is 4.98 Å². The molecule has 2 aromatic heterocycles. The minimum Gasteiger partial charge on any atom is -0.549 e. The van der Waals surface area contributed by atoms with Gasteiger partial charge >= 0.3 is 0 Å². The SMILES string of the molecule is CC[C@]1(C)Cc2c(sc3nc(SCC(=O)[O-])n(-c4ccccc4)c(=O)c23)CS1. The van der Waals surface area contributed by atoms with Crippen LogP contribution in [0.15, 0.2) is 40.3 Å². The van der Waals surface area contributed by atoms with Gasteiger partial charge in [-0.2, -0.15) is 0 Å². The smallest absolute Gasteiger partial charge is 0.267 e. The van der Waals surface area contributed by atoms with E-state index in [0.717, 1.165) is 35.9 Å². The van der Waals surface area contributed by atoms with Crippen molar-refractivity contribution >= 4 is 51.0 Å². The lowest BCUT2D eigenvalue weighted by Crippen LogP contribution is -2.28. The van der Waals surface area contributed by atoms with Crippen molar-refractivity contribution in [1.29, 1.82) is 0 Å². The maximum Gasteiger partial charge on any atom is 0.267 e. The molecule has 0 amide bonds. The molecule has 8 heteroatoms. The molecule has 0 saturated carbocycles. The first-order valence-corrected chi connectivity index (χ1v) is 11.8. The Morgan fingerprint density at radius 3 is 2.79 bits per heavy atom. The fourth-order valence-electron chi connectivity index (χ4n) is 3.35. The summed E-state index contributed by atoms with van der Waals surface area (Å²) >= 11 is 4.51. The summed E-state index contributed by atoms with van der Waals surface area (Å²) in [4.78, 5) is 31.2. The zero-order chi connectivity index (χ0) is 19.9. The van der Waals surface area contributed by atoms with E-state index in [2.05, 4.69) is 13.8 Å². The van der Waals surface area contributed by atoms with E-state index < -0.39 is 5.97 Å². The molecule has 0 unspecified atom stereocenters. The van der Waals surface area contributed by atoms with Gasteiger partial charge in [-0.05, 0) is 30.5 Å². The molecule has 3 heterocycles. The van der Waals surface area contributed by atoms with Crippen LogP contribution >= 0.6 is 34.9 Å². The van der Waals surface area contributed by atoms with Gasteiger partial charge < -0.3 is 9.90 Å². The lowest BCUT2D eigenvalue weighted by Gasteiger charge is -2.31. The second kappa shape index (κ2) is 7.57. The largest absolute Gasteiger partial charge is 0.549 e. The number of para-hydroxylation sites is 1. The minimum absolute atomic E-state index is 0.118. The van der Waals surface area contributed by atoms with Gasteiger partial charge in [-0.1, -0.05) is 43.8 Å². The average molecular weight is 432 g/mol. The third-order valence-corrected chi connectivity index (χ3v) is 8.85. The molecule has 5 nitrogen and oxygen atoms in total. The van der Waals surface area contributed by atoms with Crippen LogP contribution in [0.2, 0.25) is 0 Å². The Balaban J connectivity index is 1.95. The van der Waals surface area contributed by atoms with Crippen molar-refractivity contribution in [3.63, 3.8) is 0 Å². The Kier molecular flexibility index (Phi) is 5.28. The topological polar surface area (TPSA) is 75.0 Å². The van der Waals surface area contributed by atoms with Gasteiger partial charge in [0.25, 0.3) is 5.56 Å².